The van der Waals surface area contributed by atoms with Crippen LogP contribution < -0.4 is 10.1 Å². The summed E-state index contributed by atoms with van der Waals surface area (Å²) in [7, 11) is 1.56. The number of rotatable bonds is 6. The maximum Gasteiger partial charge on any atom is 0.233 e. The quantitative estimate of drug-likeness (QED) is 0.888. The molecule has 0 radical (unpaired) electrons. The lowest BCUT2D eigenvalue weighted by Crippen LogP contribution is -2.24. The van der Waals surface area contributed by atoms with Gasteiger partial charge in [0.2, 0.25) is 5.88 Å². The highest BCUT2D eigenvalue weighted by molar-refractivity contribution is 5.28. The number of aromatic nitrogens is 2. The van der Waals surface area contributed by atoms with Gasteiger partial charge in [0.05, 0.1) is 18.8 Å². The van der Waals surface area contributed by atoms with Gasteiger partial charge in [-0.1, -0.05) is 13.0 Å². The number of nitrogens with zero attached hydrogens (tertiary/aromatic N) is 2. The molecule has 1 heterocycles. The van der Waals surface area contributed by atoms with E-state index in [1.807, 2.05) is 26.0 Å². The van der Waals surface area contributed by atoms with Crippen molar-refractivity contribution in [2.24, 2.45) is 0 Å². The number of ether oxygens (including phenoxy) is 1. The van der Waals surface area contributed by atoms with Crippen molar-refractivity contribution in [2.75, 3.05) is 13.7 Å². The van der Waals surface area contributed by atoms with Crippen molar-refractivity contribution in [1.82, 2.24) is 15.5 Å². The molecule has 1 aromatic carbocycles. The topological polar surface area (TPSA) is 47.0 Å². The van der Waals surface area contributed by atoms with Crippen molar-refractivity contribution in [3.63, 3.8) is 0 Å². The van der Waals surface area contributed by atoms with Crippen LogP contribution in [-0.2, 0) is 6.42 Å². The number of aryl methyl sites for hydroxylation is 1. The van der Waals surface area contributed by atoms with Crippen molar-refractivity contribution >= 4 is 0 Å². The second kappa shape index (κ2) is 7.13. The maximum absolute atomic E-state index is 13.2. The van der Waals surface area contributed by atoms with Gasteiger partial charge in [0.1, 0.15) is 5.82 Å². The number of hydrogen-bond donors (Lipinski definition) is 1. The van der Waals surface area contributed by atoms with E-state index in [2.05, 4.69) is 15.5 Å². The van der Waals surface area contributed by atoms with E-state index in [4.69, 9.17) is 4.74 Å². The Hall–Kier alpha value is -2.01. The number of likely N-dealkylation sites (N-methyl/N-ethyl adjacent to an activating group) is 1. The normalized spacial score (nSPS) is 12.2. The van der Waals surface area contributed by atoms with E-state index >= 15 is 0 Å². The van der Waals surface area contributed by atoms with E-state index in [0.717, 1.165) is 29.8 Å². The summed E-state index contributed by atoms with van der Waals surface area (Å²) in [5.41, 5.74) is 2.89. The second-order valence-corrected chi connectivity index (χ2v) is 4.89. The molecular weight excluding hydrogens is 269 g/mol. The molecule has 0 bridgehead atoms. The summed E-state index contributed by atoms with van der Waals surface area (Å²) in [6, 6.07) is 8.61. The highest BCUT2D eigenvalue weighted by atomic mass is 19.1. The molecule has 1 unspecified atom stereocenters. The fourth-order valence-electron chi connectivity index (χ4n) is 2.26. The van der Waals surface area contributed by atoms with E-state index in [9.17, 15) is 4.39 Å². The summed E-state index contributed by atoms with van der Waals surface area (Å²) in [4.78, 5) is 0. The average molecular weight is 289 g/mol. The van der Waals surface area contributed by atoms with Gasteiger partial charge in [0.15, 0.2) is 0 Å². The number of nitrogens with one attached hydrogen (secondary N) is 1. The predicted octanol–water partition coefficient (Wildman–Crippen LogP) is 2.83. The molecule has 2 aromatic rings. The van der Waals surface area contributed by atoms with Crippen molar-refractivity contribution in [3.05, 3.63) is 53.0 Å². The standard InChI is InChI=1S/C16H20FN3O/c1-4-18-15(14-7-8-16(21-3)20-19-14)10-12-5-6-13(17)9-11(12)2/h5-9,15,18H,4,10H2,1-3H3. The predicted molar refractivity (Wildman–Crippen MR) is 79.8 cm³/mol. The Morgan fingerprint density at radius 3 is 2.62 bits per heavy atom. The first-order valence-electron chi connectivity index (χ1n) is 7.00. The molecule has 0 saturated heterocycles. The van der Waals surface area contributed by atoms with Crippen LogP contribution in [0.4, 0.5) is 4.39 Å². The summed E-state index contributed by atoms with van der Waals surface area (Å²) in [6.45, 7) is 4.78. The van der Waals surface area contributed by atoms with Gasteiger partial charge in [0.25, 0.3) is 0 Å². The molecule has 4 nitrogen and oxygen atoms in total. The van der Waals surface area contributed by atoms with Crippen molar-refractivity contribution in [1.29, 1.82) is 0 Å². The highest BCUT2D eigenvalue weighted by Gasteiger charge is 2.15. The molecule has 1 atom stereocenters. The van der Waals surface area contributed by atoms with Crippen LogP contribution in [0, 0.1) is 12.7 Å². The Bertz CT molecular complexity index is 587. The molecular formula is C16H20FN3O. The minimum atomic E-state index is -0.208. The summed E-state index contributed by atoms with van der Waals surface area (Å²) < 4.78 is 18.2. The van der Waals surface area contributed by atoms with Gasteiger partial charge in [0, 0.05) is 6.07 Å². The van der Waals surface area contributed by atoms with Crippen molar-refractivity contribution < 1.29 is 9.13 Å². The molecule has 112 valence electrons. The summed E-state index contributed by atoms with van der Waals surface area (Å²) in [5.74, 6) is 0.285. The fraction of sp³-hybridized carbons (Fsp3) is 0.375. The third-order valence-electron chi connectivity index (χ3n) is 3.41. The summed E-state index contributed by atoms with van der Waals surface area (Å²) in [6.07, 6.45) is 0.737. The van der Waals surface area contributed by atoms with Crippen LogP contribution in [0.5, 0.6) is 5.88 Å². The molecule has 0 amide bonds. The lowest BCUT2D eigenvalue weighted by atomic mass is 9.99. The van der Waals surface area contributed by atoms with Crippen molar-refractivity contribution in [2.45, 2.75) is 26.3 Å². The van der Waals surface area contributed by atoms with Crippen LogP contribution in [0.3, 0.4) is 0 Å². The lowest BCUT2D eigenvalue weighted by molar-refractivity contribution is 0.389. The first kappa shape index (κ1) is 15.4. The Balaban J connectivity index is 2.21. The van der Waals surface area contributed by atoms with Crippen LogP contribution in [0.2, 0.25) is 0 Å². The van der Waals surface area contributed by atoms with E-state index in [1.165, 1.54) is 6.07 Å². The van der Waals surface area contributed by atoms with Crippen LogP contribution in [0.15, 0.2) is 30.3 Å². The third-order valence-corrected chi connectivity index (χ3v) is 3.41. The monoisotopic (exact) mass is 289 g/mol. The highest BCUT2D eigenvalue weighted by Crippen LogP contribution is 2.20. The minimum Gasteiger partial charge on any atom is -0.480 e. The van der Waals surface area contributed by atoms with Crippen LogP contribution >= 0.6 is 0 Å². The Kier molecular flexibility index (Phi) is 5.22. The second-order valence-electron chi connectivity index (χ2n) is 4.89. The number of halogens is 1. The molecule has 0 saturated carbocycles. The van der Waals surface area contributed by atoms with Gasteiger partial charge in [-0.05, 0) is 49.2 Å². The zero-order valence-corrected chi connectivity index (χ0v) is 12.6. The van der Waals surface area contributed by atoms with E-state index < -0.39 is 0 Å². The van der Waals surface area contributed by atoms with Gasteiger partial charge < -0.3 is 10.1 Å². The van der Waals surface area contributed by atoms with E-state index in [0.29, 0.717) is 5.88 Å². The molecule has 1 N–H and O–H groups in total. The van der Waals surface area contributed by atoms with Crippen LogP contribution in [0.25, 0.3) is 0 Å². The first-order chi connectivity index (χ1) is 10.1. The molecule has 1 aromatic heterocycles. The molecule has 2 rings (SSSR count). The molecule has 0 aliphatic heterocycles. The molecule has 0 aliphatic rings. The summed E-state index contributed by atoms with van der Waals surface area (Å²) >= 11 is 0. The molecule has 0 fully saturated rings. The third kappa shape index (κ3) is 3.98. The Morgan fingerprint density at radius 1 is 1.24 bits per heavy atom. The fourth-order valence-corrected chi connectivity index (χ4v) is 2.26. The summed E-state index contributed by atoms with van der Waals surface area (Å²) in [5, 5.41) is 11.6. The molecule has 5 heteroatoms. The largest absolute Gasteiger partial charge is 0.480 e. The SMILES string of the molecule is CCNC(Cc1ccc(F)cc1C)c1ccc(OC)nn1. The minimum absolute atomic E-state index is 0.0394. The zero-order chi connectivity index (χ0) is 15.2. The Labute approximate surface area is 124 Å². The smallest absolute Gasteiger partial charge is 0.233 e. The average Bonchev–Trinajstić information content (AvgIpc) is 2.49. The number of hydrogen-bond acceptors (Lipinski definition) is 4. The van der Waals surface area contributed by atoms with Gasteiger partial charge in [-0.2, -0.15) is 5.10 Å². The Morgan fingerprint density at radius 2 is 2.05 bits per heavy atom. The van der Waals surface area contributed by atoms with Crippen LogP contribution in [0.1, 0.15) is 29.8 Å². The van der Waals surface area contributed by atoms with Gasteiger partial charge in [-0.15, -0.1) is 5.10 Å². The maximum atomic E-state index is 13.2. The van der Waals surface area contributed by atoms with Crippen LogP contribution in [-0.4, -0.2) is 23.9 Å². The number of methoxy groups -OCH3 is 1. The number of benzene rings is 1. The van der Waals surface area contributed by atoms with Gasteiger partial charge in [-0.3, -0.25) is 0 Å². The molecule has 0 spiro atoms. The van der Waals surface area contributed by atoms with E-state index in [1.54, 1.807) is 19.2 Å². The van der Waals surface area contributed by atoms with Gasteiger partial charge in [-0.25, -0.2) is 4.39 Å². The molecule has 0 aliphatic carbocycles. The first-order valence-corrected chi connectivity index (χ1v) is 7.00. The van der Waals surface area contributed by atoms with Gasteiger partial charge >= 0.3 is 0 Å². The zero-order valence-electron chi connectivity index (χ0n) is 12.6. The van der Waals surface area contributed by atoms with E-state index in [-0.39, 0.29) is 11.9 Å². The lowest BCUT2D eigenvalue weighted by Gasteiger charge is -2.18. The van der Waals surface area contributed by atoms with Crippen molar-refractivity contribution in [3.8, 4) is 5.88 Å². The molecule has 21 heavy (non-hydrogen) atoms.